The van der Waals surface area contributed by atoms with Gasteiger partial charge in [-0.25, -0.2) is 0 Å². The van der Waals surface area contributed by atoms with Gasteiger partial charge in [0.1, 0.15) is 0 Å². The van der Waals surface area contributed by atoms with E-state index in [9.17, 15) is 4.79 Å². The fourth-order valence-electron chi connectivity index (χ4n) is 0.753. The second kappa shape index (κ2) is 6.89. The van der Waals surface area contributed by atoms with Crippen LogP contribution in [0.5, 0.6) is 0 Å². The number of esters is 1. The van der Waals surface area contributed by atoms with Gasteiger partial charge in [0.2, 0.25) is 0 Å². The first-order valence-corrected chi connectivity index (χ1v) is 4.53. The number of rotatable bonds is 5. The van der Waals surface area contributed by atoms with Gasteiger partial charge in [0, 0.05) is 0 Å². The Morgan fingerprint density at radius 2 is 2.17 bits per heavy atom. The molecule has 0 heterocycles. The van der Waals surface area contributed by atoms with Crippen molar-refractivity contribution in [3.8, 4) is 0 Å². The Kier molecular flexibility index (Phi) is 6.44. The SMILES string of the molecule is CCOC(=O)C/C=C/[C@@H](C)CC. The van der Waals surface area contributed by atoms with Gasteiger partial charge in [-0.05, 0) is 12.8 Å². The van der Waals surface area contributed by atoms with Gasteiger partial charge in [0.25, 0.3) is 0 Å². The van der Waals surface area contributed by atoms with Crippen LogP contribution in [0.1, 0.15) is 33.6 Å². The van der Waals surface area contributed by atoms with Crippen LogP contribution < -0.4 is 0 Å². The van der Waals surface area contributed by atoms with Gasteiger partial charge in [-0.3, -0.25) is 4.79 Å². The van der Waals surface area contributed by atoms with E-state index in [-0.39, 0.29) is 5.97 Å². The highest BCUT2D eigenvalue weighted by Gasteiger charge is 1.97. The Morgan fingerprint density at radius 3 is 2.67 bits per heavy atom. The average Bonchev–Trinajstić information content (AvgIpc) is 2.04. The second-order valence-electron chi connectivity index (χ2n) is 2.82. The maximum atomic E-state index is 10.8. The standard InChI is InChI=1S/C10H18O2/c1-4-9(3)7-6-8-10(11)12-5-2/h6-7,9H,4-5,8H2,1-3H3/b7-6+/t9-/m0/s1. The van der Waals surface area contributed by atoms with Crippen molar-refractivity contribution >= 4 is 5.97 Å². The van der Waals surface area contributed by atoms with Gasteiger partial charge >= 0.3 is 5.97 Å². The Morgan fingerprint density at radius 1 is 1.50 bits per heavy atom. The molecule has 0 aliphatic heterocycles. The quantitative estimate of drug-likeness (QED) is 0.468. The molecular weight excluding hydrogens is 152 g/mol. The van der Waals surface area contributed by atoms with Gasteiger partial charge in [-0.1, -0.05) is 32.4 Å². The van der Waals surface area contributed by atoms with E-state index < -0.39 is 0 Å². The number of carbonyl (C=O) groups excluding carboxylic acids is 1. The van der Waals surface area contributed by atoms with Gasteiger partial charge in [-0.2, -0.15) is 0 Å². The lowest BCUT2D eigenvalue weighted by Gasteiger charge is -1.99. The Balaban J connectivity index is 3.52. The summed E-state index contributed by atoms with van der Waals surface area (Å²) in [7, 11) is 0. The van der Waals surface area contributed by atoms with Crippen molar-refractivity contribution in [1.82, 2.24) is 0 Å². The summed E-state index contributed by atoms with van der Waals surface area (Å²) in [4.78, 5) is 10.8. The van der Waals surface area contributed by atoms with Crippen molar-refractivity contribution in [2.45, 2.75) is 33.6 Å². The van der Waals surface area contributed by atoms with Crippen LogP contribution in [0.15, 0.2) is 12.2 Å². The zero-order valence-corrected chi connectivity index (χ0v) is 8.17. The average molecular weight is 170 g/mol. The molecule has 0 fully saturated rings. The molecule has 0 radical (unpaired) electrons. The van der Waals surface area contributed by atoms with E-state index in [0.717, 1.165) is 6.42 Å². The summed E-state index contributed by atoms with van der Waals surface area (Å²) in [5.74, 6) is 0.413. The third-order valence-corrected chi connectivity index (χ3v) is 1.70. The number of allylic oxidation sites excluding steroid dienone is 1. The maximum absolute atomic E-state index is 10.8. The molecular formula is C10H18O2. The lowest BCUT2D eigenvalue weighted by Crippen LogP contribution is -2.01. The highest BCUT2D eigenvalue weighted by molar-refractivity contribution is 5.71. The first-order valence-electron chi connectivity index (χ1n) is 4.53. The lowest BCUT2D eigenvalue weighted by molar-refractivity contribution is -0.142. The fraction of sp³-hybridized carbons (Fsp3) is 0.700. The zero-order chi connectivity index (χ0) is 9.40. The number of hydrogen-bond acceptors (Lipinski definition) is 2. The molecule has 2 nitrogen and oxygen atoms in total. The van der Waals surface area contributed by atoms with Crippen LogP contribution in [-0.2, 0) is 9.53 Å². The summed E-state index contributed by atoms with van der Waals surface area (Å²) in [6.45, 7) is 6.54. The smallest absolute Gasteiger partial charge is 0.309 e. The summed E-state index contributed by atoms with van der Waals surface area (Å²) >= 11 is 0. The largest absolute Gasteiger partial charge is 0.466 e. The molecule has 0 aliphatic carbocycles. The molecule has 70 valence electrons. The summed E-state index contributed by atoms with van der Waals surface area (Å²) < 4.78 is 4.77. The van der Waals surface area contributed by atoms with Crippen molar-refractivity contribution < 1.29 is 9.53 Å². The van der Waals surface area contributed by atoms with E-state index in [2.05, 4.69) is 19.9 Å². The molecule has 0 aromatic carbocycles. The molecule has 0 unspecified atom stereocenters. The maximum Gasteiger partial charge on any atom is 0.309 e. The first-order chi connectivity index (χ1) is 5.70. The summed E-state index contributed by atoms with van der Waals surface area (Å²) in [6.07, 6.45) is 5.45. The van der Waals surface area contributed by atoms with E-state index in [4.69, 9.17) is 4.74 Å². The summed E-state index contributed by atoms with van der Waals surface area (Å²) in [5.41, 5.74) is 0. The molecule has 2 heteroatoms. The van der Waals surface area contributed by atoms with Gasteiger partial charge in [-0.15, -0.1) is 0 Å². The van der Waals surface area contributed by atoms with Crippen LogP contribution in [0, 0.1) is 5.92 Å². The van der Waals surface area contributed by atoms with Crippen LogP contribution in [0.3, 0.4) is 0 Å². The van der Waals surface area contributed by atoms with Gasteiger partial charge in [0.15, 0.2) is 0 Å². The normalized spacial score (nSPS) is 13.2. The Labute approximate surface area is 74.6 Å². The minimum atomic E-state index is -0.142. The molecule has 12 heavy (non-hydrogen) atoms. The lowest BCUT2D eigenvalue weighted by atomic mass is 10.1. The van der Waals surface area contributed by atoms with Crippen molar-refractivity contribution in [2.24, 2.45) is 5.92 Å². The van der Waals surface area contributed by atoms with Crippen LogP contribution in [0.4, 0.5) is 0 Å². The van der Waals surface area contributed by atoms with E-state index in [1.165, 1.54) is 0 Å². The highest BCUT2D eigenvalue weighted by atomic mass is 16.5. The summed E-state index contributed by atoms with van der Waals surface area (Å²) in [5, 5.41) is 0. The predicted molar refractivity (Wildman–Crippen MR) is 49.8 cm³/mol. The van der Waals surface area contributed by atoms with E-state index in [1.54, 1.807) is 0 Å². The molecule has 0 bridgehead atoms. The molecule has 0 saturated heterocycles. The zero-order valence-electron chi connectivity index (χ0n) is 8.17. The van der Waals surface area contributed by atoms with E-state index in [0.29, 0.717) is 18.9 Å². The van der Waals surface area contributed by atoms with E-state index >= 15 is 0 Å². The van der Waals surface area contributed by atoms with Crippen molar-refractivity contribution in [1.29, 1.82) is 0 Å². The minimum Gasteiger partial charge on any atom is -0.466 e. The molecule has 0 amide bonds. The molecule has 0 aromatic heterocycles. The fourth-order valence-corrected chi connectivity index (χ4v) is 0.753. The van der Waals surface area contributed by atoms with E-state index in [1.807, 2.05) is 13.0 Å². The van der Waals surface area contributed by atoms with Crippen LogP contribution in [-0.4, -0.2) is 12.6 Å². The topological polar surface area (TPSA) is 26.3 Å². The highest BCUT2D eigenvalue weighted by Crippen LogP contribution is 2.02. The third kappa shape index (κ3) is 5.96. The van der Waals surface area contributed by atoms with Crippen molar-refractivity contribution in [3.05, 3.63) is 12.2 Å². The first kappa shape index (κ1) is 11.2. The minimum absolute atomic E-state index is 0.142. The van der Waals surface area contributed by atoms with Crippen LogP contribution in [0.25, 0.3) is 0 Å². The number of ether oxygens (including phenoxy) is 1. The molecule has 0 aliphatic rings. The predicted octanol–water partition coefficient (Wildman–Crippen LogP) is 2.54. The van der Waals surface area contributed by atoms with Crippen molar-refractivity contribution in [3.63, 3.8) is 0 Å². The Hall–Kier alpha value is -0.790. The molecule has 0 aromatic rings. The number of hydrogen-bond donors (Lipinski definition) is 0. The molecule has 0 N–H and O–H groups in total. The molecule has 0 rings (SSSR count). The van der Waals surface area contributed by atoms with Crippen LogP contribution in [0.2, 0.25) is 0 Å². The monoisotopic (exact) mass is 170 g/mol. The second-order valence-corrected chi connectivity index (χ2v) is 2.82. The van der Waals surface area contributed by atoms with Crippen molar-refractivity contribution in [2.75, 3.05) is 6.61 Å². The van der Waals surface area contributed by atoms with Gasteiger partial charge < -0.3 is 4.74 Å². The molecule has 0 saturated carbocycles. The number of carbonyl (C=O) groups is 1. The summed E-state index contributed by atoms with van der Waals surface area (Å²) in [6, 6.07) is 0. The van der Waals surface area contributed by atoms with Crippen LogP contribution >= 0.6 is 0 Å². The molecule has 0 spiro atoms. The Bertz CT molecular complexity index is 150. The third-order valence-electron chi connectivity index (χ3n) is 1.70. The molecule has 1 atom stereocenters. The van der Waals surface area contributed by atoms with Gasteiger partial charge in [0.05, 0.1) is 13.0 Å².